The van der Waals surface area contributed by atoms with E-state index in [2.05, 4.69) is 13.8 Å². The van der Waals surface area contributed by atoms with Gasteiger partial charge in [0.2, 0.25) is 5.91 Å². The molecule has 2 aliphatic heterocycles. The molecule has 16 heavy (non-hydrogen) atoms. The number of hydrogen-bond acceptors (Lipinski definition) is 4. The number of nitrogens with zero attached hydrogens (tertiary/aromatic N) is 2. The second-order valence-electron chi connectivity index (χ2n) is 5.13. The third-order valence-corrected chi connectivity index (χ3v) is 4.07. The first-order valence-corrected chi connectivity index (χ1v) is 5.77. The lowest BCUT2D eigenvalue weighted by Crippen LogP contribution is -2.54. The zero-order valence-corrected chi connectivity index (χ0v) is 10.3. The van der Waals surface area contributed by atoms with Gasteiger partial charge in [-0.05, 0) is 12.8 Å². The highest BCUT2D eigenvalue weighted by Gasteiger charge is 2.59. The molecule has 0 saturated carbocycles. The van der Waals surface area contributed by atoms with E-state index < -0.39 is 5.66 Å². The van der Waals surface area contributed by atoms with Crippen LogP contribution in [0.2, 0.25) is 0 Å². The average molecular weight is 228 g/mol. The molecule has 1 N–H and O–H groups in total. The molecule has 0 bridgehead atoms. The van der Waals surface area contributed by atoms with E-state index in [0.717, 1.165) is 0 Å². The summed E-state index contributed by atoms with van der Waals surface area (Å²) in [4.78, 5) is 19.5. The maximum absolute atomic E-state index is 12.1. The molecule has 0 aromatic heterocycles. The maximum Gasteiger partial charge on any atom is 0.243 e. The van der Waals surface area contributed by atoms with E-state index in [0.29, 0.717) is 6.42 Å². The summed E-state index contributed by atoms with van der Waals surface area (Å²) >= 11 is 0. The first kappa shape index (κ1) is 11.8. The molecule has 0 spiro atoms. The Kier molecular flexibility index (Phi) is 2.72. The Morgan fingerprint density at radius 2 is 2.25 bits per heavy atom. The van der Waals surface area contributed by atoms with Gasteiger partial charge < -0.3 is 10.0 Å². The summed E-state index contributed by atoms with van der Waals surface area (Å²) in [6, 6.07) is -0.227. The Bertz CT molecular complexity index is 308. The van der Waals surface area contributed by atoms with Crippen LogP contribution < -0.4 is 0 Å². The Balaban J connectivity index is 2.31. The zero-order chi connectivity index (χ0) is 12.1. The summed E-state index contributed by atoms with van der Waals surface area (Å²) in [6.45, 7) is 6.12. The third kappa shape index (κ3) is 1.31. The van der Waals surface area contributed by atoms with Crippen molar-refractivity contribution in [2.45, 2.75) is 45.0 Å². The van der Waals surface area contributed by atoms with Crippen molar-refractivity contribution in [2.75, 3.05) is 13.7 Å². The molecule has 2 fully saturated rings. The maximum atomic E-state index is 12.1. The number of aliphatic hydroxyl groups excluding tert-OH is 1. The molecule has 0 radical (unpaired) electrons. The van der Waals surface area contributed by atoms with E-state index in [4.69, 9.17) is 9.94 Å². The molecule has 2 heterocycles. The number of likely N-dealkylation sites (N-methyl/N-ethyl adjacent to an activating group) is 1. The Morgan fingerprint density at radius 3 is 2.75 bits per heavy atom. The summed E-state index contributed by atoms with van der Waals surface area (Å²) in [5, 5.41) is 10.9. The molecule has 0 aromatic carbocycles. The van der Waals surface area contributed by atoms with Crippen LogP contribution in [0.15, 0.2) is 0 Å². The van der Waals surface area contributed by atoms with E-state index in [9.17, 15) is 4.79 Å². The van der Waals surface area contributed by atoms with Gasteiger partial charge in [0.15, 0.2) is 0 Å². The number of carbonyl (C=O) groups is 1. The lowest BCUT2D eigenvalue weighted by Gasteiger charge is -2.41. The summed E-state index contributed by atoms with van der Waals surface area (Å²) in [6.07, 6.45) is 0.350. The van der Waals surface area contributed by atoms with E-state index >= 15 is 0 Å². The second-order valence-corrected chi connectivity index (χ2v) is 5.13. The van der Waals surface area contributed by atoms with Gasteiger partial charge in [0.05, 0.1) is 6.61 Å². The molecule has 5 nitrogen and oxygen atoms in total. The number of amides is 1. The van der Waals surface area contributed by atoms with Gasteiger partial charge in [0.1, 0.15) is 17.8 Å². The van der Waals surface area contributed by atoms with E-state index in [1.54, 1.807) is 9.96 Å². The first-order valence-electron chi connectivity index (χ1n) is 5.77. The van der Waals surface area contributed by atoms with Crippen LogP contribution in [0.1, 0.15) is 27.2 Å². The smallest absolute Gasteiger partial charge is 0.243 e. The number of hydroxylamine groups is 2. The number of fused-ring (bicyclic) bond motifs is 1. The monoisotopic (exact) mass is 228 g/mol. The highest BCUT2D eigenvalue weighted by atomic mass is 16.7. The minimum Gasteiger partial charge on any atom is -0.394 e. The van der Waals surface area contributed by atoms with Crippen molar-refractivity contribution >= 4 is 5.91 Å². The number of rotatable bonds is 2. The molecular weight excluding hydrogens is 208 g/mol. The van der Waals surface area contributed by atoms with E-state index in [-0.39, 0.29) is 30.6 Å². The largest absolute Gasteiger partial charge is 0.394 e. The summed E-state index contributed by atoms with van der Waals surface area (Å²) in [5.41, 5.74) is -0.411. The van der Waals surface area contributed by atoms with Gasteiger partial charge >= 0.3 is 0 Å². The van der Waals surface area contributed by atoms with Gasteiger partial charge in [-0.2, -0.15) is 5.06 Å². The van der Waals surface area contributed by atoms with Gasteiger partial charge in [-0.15, -0.1) is 0 Å². The van der Waals surface area contributed by atoms with Crippen LogP contribution in [-0.2, 0) is 9.63 Å². The molecule has 5 heteroatoms. The van der Waals surface area contributed by atoms with Gasteiger partial charge in [0, 0.05) is 13.5 Å². The summed E-state index contributed by atoms with van der Waals surface area (Å²) < 4.78 is 0. The fraction of sp³-hybridized carbons (Fsp3) is 0.909. The summed E-state index contributed by atoms with van der Waals surface area (Å²) in [5.74, 6) is 0.357. The van der Waals surface area contributed by atoms with Crippen molar-refractivity contribution in [1.29, 1.82) is 0 Å². The first-order chi connectivity index (χ1) is 7.42. The lowest BCUT2D eigenvalue weighted by molar-refractivity contribution is -0.241. The van der Waals surface area contributed by atoms with Crippen LogP contribution in [0.3, 0.4) is 0 Å². The molecule has 3 atom stereocenters. The topological polar surface area (TPSA) is 53.0 Å². The predicted molar refractivity (Wildman–Crippen MR) is 58.2 cm³/mol. The molecule has 92 valence electrons. The molecule has 2 aliphatic rings. The van der Waals surface area contributed by atoms with E-state index in [1.807, 2.05) is 14.0 Å². The van der Waals surface area contributed by atoms with Gasteiger partial charge in [-0.25, -0.2) is 0 Å². The quantitative estimate of drug-likeness (QED) is 0.733. The zero-order valence-electron chi connectivity index (χ0n) is 10.3. The van der Waals surface area contributed by atoms with E-state index in [1.165, 1.54) is 0 Å². The van der Waals surface area contributed by atoms with Crippen molar-refractivity contribution in [3.63, 3.8) is 0 Å². The molecule has 0 aromatic rings. The Labute approximate surface area is 95.9 Å². The SMILES string of the molecule is CC(C)[C@@]1(C)N(C)C(=O)[C@@H]2C[C@@H](CO)ON21. The minimum absolute atomic E-state index is 0.0296. The number of aliphatic hydroxyl groups is 1. The Hall–Kier alpha value is -0.650. The summed E-state index contributed by atoms with van der Waals surface area (Å²) in [7, 11) is 1.82. The van der Waals surface area contributed by atoms with Crippen LogP contribution in [0.4, 0.5) is 0 Å². The molecule has 2 rings (SSSR count). The fourth-order valence-corrected chi connectivity index (χ4v) is 2.59. The molecule has 0 aliphatic carbocycles. The Morgan fingerprint density at radius 1 is 1.62 bits per heavy atom. The molecule has 0 unspecified atom stereocenters. The molecule has 1 amide bonds. The van der Waals surface area contributed by atoms with Gasteiger partial charge in [0.25, 0.3) is 0 Å². The van der Waals surface area contributed by atoms with Crippen LogP contribution >= 0.6 is 0 Å². The van der Waals surface area contributed by atoms with Crippen molar-refractivity contribution in [1.82, 2.24) is 9.96 Å². The number of carbonyl (C=O) groups excluding carboxylic acids is 1. The minimum atomic E-state index is -0.411. The van der Waals surface area contributed by atoms with Crippen molar-refractivity contribution in [2.24, 2.45) is 5.92 Å². The number of hydrogen-bond donors (Lipinski definition) is 1. The van der Waals surface area contributed by atoms with Crippen molar-refractivity contribution < 1.29 is 14.7 Å². The molecular formula is C11H20N2O3. The van der Waals surface area contributed by atoms with Gasteiger partial charge in [-0.3, -0.25) is 9.63 Å². The average Bonchev–Trinajstić information content (AvgIpc) is 2.75. The van der Waals surface area contributed by atoms with Crippen LogP contribution in [-0.4, -0.2) is 52.4 Å². The van der Waals surface area contributed by atoms with Crippen LogP contribution in [0.25, 0.3) is 0 Å². The normalized spacial score (nSPS) is 39.9. The van der Waals surface area contributed by atoms with Crippen molar-refractivity contribution in [3.8, 4) is 0 Å². The van der Waals surface area contributed by atoms with Gasteiger partial charge in [-0.1, -0.05) is 13.8 Å². The van der Waals surface area contributed by atoms with Crippen molar-refractivity contribution in [3.05, 3.63) is 0 Å². The highest BCUT2D eigenvalue weighted by Crippen LogP contribution is 2.42. The second kappa shape index (κ2) is 3.68. The van der Waals surface area contributed by atoms with Crippen LogP contribution in [0.5, 0.6) is 0 Å². The third-order valence-electron chi connectivity index (χ3n) is 4.07. The fourth-order valence-electron chi connectivity index (χ4n) is 2.59. The highest BCUT2D eigenvalue weighted by molar-refractivity contribution is 5.85. The lowest BCUT2D eigenvalue weighted by atomic mass is 9.97. The molecule has 2 saturated heterocycles. The van der Waals surface area contributed by atoms with Crippen LogP contribution in [0, 0.1) is 5.92 Å². The predicted octanol–water partition coefficient (Wildman–Crippen LogP) is 0.197. The standard InChI is InChI=1S/C11H20N2O3/c1-7(2)11(3)12(4)10(15)9-5-8(6-14)16-13(9)11/h7-9,14H,5-6H2,1-4H3/t8-,9-,11-/m0/s1.